The average Bonchev–Trinajstić information content (AvgIpc) is 3.38. The Labute approximate surface area is 165 Å². The Morgan fingerprint density at radius 3 is 2.79 bits per heavy atom. The number of aromatic nitrogens is 5. The Morgan fingerprint density at radius 2 is 2.07 bits per heavy atom. The molecule has 1 aromatic carbocycles. The van der Waals surface area contributed by atoms with Gasteiger partial charge in [-0.15, -0.1) is 0 Å². The topological polar surface area (TPSA) is 128 Å². The summed E-state index contributed by atoms with van der Waals surface area (Å²) in [4.78, 5) is 8.58. The molecule has 0 radical (unpaired) electrons. The largest absolute Gasteiger partial charge is 0.395 e. The number of halogens is 1. The van der Waals surface area contributed by atoms with Crippen molar-refractivity contribution in [3.8, 4) is 22.9 Å². The van der Waals surface area contributed by atoms with E-state index in [2.05, 4.69) is 25.5 Å². The average molecular weight is 395 g/mol. The molecule has 9 nitrogen and oxygen atoms in total. The number of nitrogen functional groups attached to an aromatic ring is 1. The minimum Gasteiger partial charge on any atom is -0.395 e. The predicted octanol–water partition coefficient (Wildman–Crippen LogP) is 2.17. The number of anilines is 2. The summed E-state index contributed by atoms with van der Waals surface area (Å²) >= 11 is 0. The maximum atomic E-state index is 14.1. The van der Waals surface area contributed by atoms with Gasteiger partial charge in [-0.1, -0.05) is 23.4 Å². The number of hydrogen-bond acceptors (Lipinski definition) is 8. The van der Waals surface area contributed by atoms with Gasteiger partial charge in [0, 0.05) is 18.2 Å². The molecule has 0 bridgehead atoms. The van der Waals surface area contributed by atoms with Crippen molar-refractivity contribution in [1.82, 2.24) is 24.9 Å². The van der Waals surface area contributed by atoms with Crippen molar-refractivity contribution in [2.24, 2.45) is 0 Å². The van der Waals surface area contributed by atoms with Crippen LogP contribution in [0.4, 0.5) is 15.9 Å². The lowest BCUT2D eigenvalue weighted by molar-refractivity contribution is 0.311. The zero-order valence-corrected chi connectivity index (χ0v) is 15.3. The molecular weight excluding hydrogens is 377 g/mol. The van der Waals surface area contributed by atoms with Crippen molar-refractivity contribution >= 4 is 11.5 Å². The maximum absolute atomic E-state index is 14.1. The second-order valence-electron chi connectivity index (χ2n) is 6.19. The molecule has 0 aliphatic carbocycles. The van der Waals surface area contributed by atoms with Crippen molar-refractivity contribution in [3.63, 3.8) is 0 Å². The van der Waals surface area contributed by atoms with E-state index in [1.807, 2.05) is 0 Å². The predicted molar refractivity (Wildman–Crippen MR) is 104 cm³/mol. The fourth-order valence-electron chi connectivity index (χ4n) is 2.83. The van der Waals surface area contributed by atoms with E-state index in [9.17, 15) is 4.39 Å². The highest BCUT2D eigenvalue weighted by Crippen LogP contribution is 2.26. The van der Waals surface area contributed by atoms with Gasteiger partial charge in [-0.3, -0.25) is 4.68 Å². The highest BCUT2D eigenvalue weighted by molar-refractivity contribution is 5.67. The van der Waals surface area contributed by atoms with Gasteiger partial charge >= 0.3 is 0 Å². The molecule has 148 valence electrons. The van der Waals surface area contributed by atoms with Crippen LogP contribution in [0.3, 0.4) is 0 Å². The van der Waals surface area contributed by atoms with Gasteiger partial charge in [-0.05, 0) is 12.1 Å². The van der Waals surface area contributed by atoms with Crippen LogP contribution >= 0.6 is 0 Å². The van der Waals surface area contributed by atoms with Gasteiger partial charge in [0.1, 0.15) is 23.5 Å². The summed E-state index contributed by atoms with van der Waals surface area (Å²) in [5.41, 5.74) is 8.61. The Morgan fingerprint density at radius 1 is 1.21 bits per heavy atom. The van der Waals surface area contributed by atoms with Crippen molar-refractivity contribution in [3.05, 3.63) is 60.2 Å². The monoisotopic (exact) mass is 395 g/mol. The molecule has 0 unspecified atom stereocenters. The highest BCUT2D eigenvalue weighted by atomic mass is 19.1. The molecule has 3 aromatic heterocycles. The van der Waals surface area contributed by atoms with Crippen LogP contribution in [0.5, 0.6) is 0 Å². The fraction of sp³-hybridized carbons (Fsp3) is 0.158. The summed E-state index contributed by atoms with van der Waals surface area (Å²) in [6.45, 7) is 0.490. The molecular formula is C19H18FN7O2. The number of nitrogens with two attached hydrogens (primary N) is 1. The van der Waals surface area contributed by atoms with Gasteiger partial charge < -0.3 is 20.7 Å². The Balaban J connectivity index is 1.72. The van der Waals surface area contributed by atoms with Crippen LogP contribution in [-0.2, 0) is 6.54 Å². The molecule has 0 spiro atoms. The second-order valence-corrected chi connectivity index (χ2v) is 6.19. The third kappa shape index (κ3) is 3.92. The number of rotatable bonds is 7. The van der Waals surface area contributed by atoms with Crippen LogP contribution in [0, 0.1) is 5.82 Å². The lowest BCUT2D eigenvalue weighted by Gasteiger charge is -2.07. The summed E-state index contributed by atoms with van der Waals surface area (Å²) in [6, 6.07) is 9.93. The molecule has 4 rings (SSSR count). The van der Waals surface area contributed by atoms with Crippen LogP contribution in [0.1, 0.15) is 5.56 Å². The van der Waals surface area contributed by atoms with E-state index in [0.717, 1.165) is 0 Å². The van der Waals surface area contributed by atoms with Gasteiger partial charge in [0.05, 0.1) is 30.7 Å². The SMILES string of the molecule is Nc1nc(-c2cc(-c3ccon3)n(Cc3ccccc3F)n2)ncc1NCCO. The Hall–Kier alpha value is -3.79. The second kappa shape index (κ2) is 8.07. The van der Waals surface area contributed by atoms with Gasteiger partial charge in [0.15, 0.2) is 11.6 Å². The molecule has 0 aliphatic heterocycles. The van der Waals surface area contributed by atoms with Gasteiger partial charge in [-0.2, -0.15) is 5.10 Å². The fourth-order valence-corrected chi connectivity index (χ4v) is 2.83. The van der Waals surface area contributed by atoms with Crippen LogP contribution in [0.2, 0.25) is 0 Å². The van der Waals surface area contributed by atoms with Crippen molar-refractivity contribution in [2.75, 3.05) is 24.2 Å². The van der Waals surface area contributed by atoms with E-state index in [4.69, 9.17) is 15.4 Å². The maximum Gasteiger partial charge on any atom is 0.182 e. The number of aliphatic hydroxyl groups is 1. The number of nitrogens with zero attached hydrogens (tertiary/aromatic N) is 5. The zero-order valence-electron chi connectivity index (χ0n) is 15.3. The molecule has 0 saturated heterocycles. The molecule has 0 aliphatic rings. The van der Waals surface area contributed by atoms with Crippen LogP contribution < -0.4 is 11.1 Å². The Bertz CT molecular complexity index is 1110. The van der Waals surface area contributed by atoms with Gasteiger partial charge in [-0.25, -0.2) is 14.4 Å². The first-order valence-corrected chi connectivity index (χ1v) is 8.85. The minimum atomic E-state index is -0.324. The van der Waals surface area contributed by atoms with Crippen LogP contribution in [0.15, 0.2) is 53.4 Å². The Kier molecular flexibility index (Phi) is 5.16. The third-order valence-corrected chi connectivity index (χ3v) is 4.23. The number of aliphatic hydroxyl groups excluding tert-OH is 1. The zero-order chi connectivity index (χ0) is 20.2. The number of hydrogen-bond donors (Lipinski definition) is 3. The first-order chi connectivity index (χ1) is 14.2. The molecule has 29 heavy (non-hydrogen) atoms. The van der Waals surface area contributed by atoms with E-state index in [1.165, 1.54) is 18.5 Å². The summed E-state index contributed by atoms with van der Waals surface area (Å²) in [6.07, 6.45) is 2.98. The summed E-state index contributed by atoms with van der Waals surface area (Å²) in [5.74, 6) is 0.222. The van der Waals surface area contributed by atoms with Crippen molar-refractivity contribution in [1.29, 1.82) is 0 Å². The number of nitrogens with one attached hydrogen (secondary N) is 1. The molecule has 0 amide bonds. The first kappa shape index (κ1) is 18.6. The summed E-state index contributed by atoms with van der Waals surface area (Å²) < 4.78 is 20.7. The molecule has 0 atom stereocenters. The smallest absolute Gasteiger partial charge is 0.182 e. The van der Waals surface area contributed by atoms with E-state index in [1.54, 1.807) is 35.0 Å². The lowest BCUT2D eigenvalue weighted by atomic mass is 10.2. The summed E-state index contributed by atoms with van der Waals surface area (Å²) in [7, 11) is 0. The first-order valence-electron chi connectivity index (χ1n) is 8.85. The van der Waals surface area contributed by atoms with E-state index < -0.39 is 0 Å². The molecule has 4 N–H and O–H groups in total. The molecule has 10 heteroatoms. The molecule has 4 aromatic rings. The minimum absolute atomic E-state index is 0.0390. The van der Waals surface area contributed by atoms with E-state index >= 15 is 0 Å². The highest BCUT2D eigenvalue weighted by Gasteiger charge is 2.17. The van der Waals surface area contributed by atoms with Crippen molar-refractivity contribution < 1.29 is 14.0 Å². The van der Waals surface area contributed by atoms with Crippen LogP contribution in [-0.4, -0.2) is 43.2 Å². The third-order valence-electron chi connectivity index (χ3n) is 4.23. The molecule has 0 fully saturated rings. The lowest BCUT2D eigenvalue weighted by Crippen LogP contribution is -2.09. The van der Waals surface area contributed by atoms with Crippen molar-refractivity contribution in [2.45, 2.75) is 6.54 Å². The van der Waals surface area contributed by atoms with Gasteiger partial charge in [0.25, 0.3) is 0 Å². The number of benzene rings is 1. The van der Waals surface area contributed by atoms with E-state index in [0.29, 0.717) is 40.7 Å². The van der Waals surface area contributed by atoms with Crippen LogP contribution in [0.25, 0.3) is 22.9 Å². The standard InChI is InChI=1S/C19H18FN7O2/c20-13-4-2-1-3-12(13)11-27-17(14-5-8-29-26-14)9-15(25-27)19-23-10-16(18(21)24-19)22-6-7-28/h1-5,8-10,22,28H,6-7,11H2,(H2,21,23,24). The quantitative estimate of drug-likeness (QED) is 0.434. The normalized spacial score (nSPS) is 11.0. The molecule has 0 saturated carbocycles. The van der Waals surface area contributed by atoms with Gasteiger partial charge in [0.2, 0.25) is 0 Å². The van der Waals surface area contributed by atoms with E-state index in [-0.39, 0.29) is 24.8 Å². The molecule has 3 heterocycles. The summed E-state index contributed by atoms with van der Waals surface area (Å²) in [5, 5.41) is 20.3.